The second-order valence-electron chi connectivity index (χ2n) is 23.9. The van der Waals surface area contributed by atoms with Gasteiger partial charge in [0.05, 0.1) is 26.4 Å². The van der Waals surface area contributed by atoms with Crippen LogP contribution >= 0.6 is 15.6 Å². The molecule has 0 aromatic heterocycles. The van der Waals surface area contributed by atoms with Crippen LogP contribution in [0.25, 0.3) is 0 Å². The van der Waals surface area contributed by atoms with Crippen LogP contribution in [-0.4, -0.2) is 96.7 Å². The molecule has 480 valence electrons. The van der Waals surface area contributed by atoms with Gasteiger partial charge in [0.2, 0.25) is 0 Å². The molecule has 0 rings (SSSR count). The number of phosphoric ester groups is 2. The normalized spacial score (nSPS) is 14.4. The maximum absolute atomic E-state index is 12.9. The zero-order valence-corrected chi connectivity index (χ0v) is 54.0. The van der Waals surface area contributed by atoms with E-state index in [1.54, 1.807) is 0 Å². The van der Waals surface area contributed by atoms with Crippen molar-refractivity contribution in [2.24, 2.45) is 17.8 Å². The summed E-state index contributed by atoms with van der Waals surface area (Å²) in [6, 6.07) is 0. The summed E-state index contributed by atoms with van der Waals surface area (Å²) >= 11 is 0. The Morgan fingerprint density at radius 3 is 0.840 bits per heavy atom. The summed E-state index contributed by atoms with van der Waals surface area (Å²) in [5, 5.41) is 10.5. The van der Waals surface area contributed by atoms with Gasteiger partial charge >= 0.3 is 39.5 Å². The number of aliphatic hydroxyl groups excluding tert-OH is 1. The van der Waals surface area contributed by atoms with Crippen LogP contribution in [0.15, 0.2) is 0 Å². The standard InChI is InChI=1S/C62H120O17P2/c1-8-9-10-11-12-20-29-36-43-59(64)72-49-58(79-62(67)46-39-32-25-23-28-35-42-55(6)7)52-77-81(70,71)75-48-56(63)47-74-80(68,69)76-51-57(50-73-60(65)44-37-30-24-22-27-34-41-54(4)5)78-61(66)45-38-31-21-18-16-14-13-15-17-19-26-33-40-53(2)3/h53-58,63H,8-52H2,1-7H3,(H,68,69)(H,70,71)/t56-,57-,58-/m1/s1. The van der Waals surface area contributed by atoms with Crippen molar-refractivity contribution in [1.82, 2.24) is 0 Å². The molecule has 0 saturated carbocycles. The highest BCUT2D eigenvalue weighted by Crippen LogP contribution is 2.45. The Labute approximate surface area is 492 Å². The van der Waals surface area contributed by atoms with Crippen LogP contribution in [0.1, 0.15) is 299 Å². The van der Waals surface area contributed by atoms with E-state index in [9.17, 15) is 43.2 Å². The zero-order valence-electron chi connectivity index (χ0n) is 52.2. The lowest BCUT2D eigenvalue weighted by molar-refractivity contribution is -0.161. The van der Waals surface area contributed by atoms with Crippen LogP contribution in [0.4, 0.5) is 0 Å². The van der Waals surface area contributed by atoms with E-state index in [4.69, 9.17) is 37.0 Å². The molecule has 0 aliphatic rings. The maximum atomic E-state index is 12.9. The second kappa shape index (κ2) is 53.5. The van der Waals surface area contributed by atoms with Crippen molar-refractivity contribution in [2.75, 3.05) is 39.6 Å². The van der Waals surface area contributed by atoms with E-state index >= 15 is 0 Å². The number of hydrogen-bond acceptors (Lipinski definition) is 15. The number of carbonyl (C=O) groups excluding carboxylic acids is 4. The monoisotopic (exact) mass is 1200 g/mol. The highest BCUT2D eigenvalue weighted by atomic mass is 31.2. The van der Waals surface area contributed by atoms with Gasteiger partial charge in [-0.2, -0.15) is 0 Å². The highest BCUT2D eigenvalue weighted by Gasteiger charge is 2.30. The maximum Gasteiger partial charge on any atom is 0.472 e. The van der Waals surface area contributed by atoms with Gasteiger partial charge < -0.3 is 33.8 Å². The van der Waals surface area contributed by atoms with Crippen molar-refractivity contribution < 1.29 is 80.2 Å². The first-order chi connectivity index (χ1) is 38.7. The van der Waals surface area contributed by atoms with Gasteiger partial charge in [-0.05, 0) is 43.4 Å². The number of rotatable bonds is 60. The first-order valence-electron chi connectivity index (χ1n) is 32.3. The van der Waals surface area contributed by atoms with E-state index in [2.05, 4.69) is 48.5 Å². The van der Waals surface area contributed by atoms with Gasteiger partial charge in [-0.3, -0.25) is 37.3 Å². The Kier molecular flexibility index (Phi) is 52.2. The fourth-order valence-corrected chi connectivity index (χ4v) is 10.7. The van der Waals surface area contributed by atoms with Crippen LogP contribution in [0.5, 0.6) is 0 Å². The molecule has 0 spiro atoms. The van der Waals surface area contributed by atoms with E-state index < -0.39 is 97.5 Å². The van der Waals surface area contributed by atoms with Gasteiger partial charge in [0.25, 0.3) is 0 Å². The largest absolute Gasteiger partial charge is 0.472 e. The lowest BCUT2D eigenvalue weighted by Gasteiger charge is -2.21. The molecule has 0 saturated heterocycles. The predicted octanol–water partition coefficient (Wildman–Crippen LogP) is 16.7. The Morgan fingerprint density at radius 1 is 0.333 bits per heavy atom. The Hall–Kier alpha value is -1.94. The van der Waals surface area contributed by atoms with Gasteiger partial charge in [0, 0.05) is 25.7 Å². The molecule has 2 unspecified atom stereocenters. The van der Waals surface area contributed by atoms with Gasteiger partial charge in [-0.15, -0.1) is 0 Å². The number of esters is 4. The number of carbonyl (C=O) groups is 4. The fraction of sp³-hybridized carbons (Fsp3) is 0.935. The first kappa shape index (κ1) is 79.1. The van der Waals surface area contributed by atoms with Crippen LogP contribution in [0, 0.1) is 17.8 Å². The van der Waals surface area contributed by atoms with Gasteiger partial charge in [0.15, 0.2) is 12.2 Å². The number of unbranched alkanes of at least 4 members (excludes halogenated alkanes) is 28. The predicted molar refractivity (Wildman–Crippen MR) is 321 cm³/mol. The van der Waals surface area contributed by atoms with Crippen molar-refractivity contribution in [3.63, 3.8) is 0 Å². The van der Waals surface area contributed by atoms with Crippen molar-refractivity contribution >= 4 is 39.5 Å². The number of phosphoric acid groups is 2. The number of hydrogen-bond donors (Lipinski definition) is 3. The van der Waals surface area contributed by atoms with Crippen LogP contribution < -0.4 is 0 Å². The second-order valence-corrected chi connectivity index (χ2v) is 26.8. The molecule has 0 heterocycles. The smallest absolute Gasteiger partial charge is 0.462 e. The molecule has 0 aliphatic carbocycles. The van der Waals surface area contributed by atoms with E-state index in [0.29, 0.717) is 37.5 Å². The van der Waals surface area contributed by atoms with Crippen molar-refractivity contribution in [3.8, 4) is 0 Å². The molecule has 17 nitrogen and oxygen atoms in total. The summed E-state index contributed by atoms with van der Waals surface area (Å²) in [7, 11) is -9.88. The molecule has 0 aromatic carbocycles. The SMILES string of the molecule is CCCCCCCCCCC(=O)OC[C@H](COP(=O)(O)OC[C@H](O)COP(=O)(O)OC[C@@H](COC(=O)CCCCCCCCC(C)C)OC(=O)CCCCCCCCCCCCCCC(C)C)OC(=O)CCCCCCCCC(C)C. The average Bonchev–Trinajstić information content (AvgIpc) is 3.41. The van der Waals surface area contributed by atoms with Crippen LogP contribution in [0.2, 0.25) is 0 Å². The van der Waals surface area contributed by atoms with Crippen LogP contribution in [-0.2, 0) is 65.4 Å². The van der Waals surface area contributed by atoms with Crippen molar-refractivity contribution in [2.45, 2.75) is 317 Å². The molecule has 3 N–H and O–H groups in total. The fourth-order valence-electron chi connectivity index (χ4n) is 9.13. The van der Waals surface area contributed by atoms with E-state index in [0.717, 1.165) is 109 Å². The topological polar surface area (TPSA) is 237 Å². The zero-order chi connectivity index (χ0) is 60.3. The summed E-state index contributed by atoms with van der Waals surface area (Å²) in [4.78, 5) is 72.0. The lowest BCUT2D eigenvalue weighted by atomic mass is 10.0. The molecule has 0 bridgehead atoms. The molecule has 0 aromatic rings. The van der Waals surface area contributed by atoms with Crippen molar-refractivity contribution in [1.29, 1.82) is 0 Å². The van der Waals surface area contributed by atoms with Crippen molar-refractivity contribution in [3.05, 3.63) is 0 Å². The summed E-state index contributed by atoms with van der Waals surface area (Å²) < 4.78 is 67.8. The van der Waals surface area contributed by atoms with Gasteiger partial charge in [0.1, 0.15) is 19.3 Å². The summed E-state index contributed by atoms with van der Waals surface area (Å²) in [5.74, 6) is -0.0207. The minimum absolute atomic E-state index is 0.101. The number of ether oxygens (including phenoxy) is 4. The first-order valence-corrected chi connectivity index (χ1v) is 35.3. The molecule has 0 amide bonds. The molecule has 0 fully saturated rings. The molecular formula is C62H120O17P2. The van der Waals surface area contributed by atoms with E-state index in [-0.39, 0.29) is 25.7 Å². The van der Waals surface area contributed by atoms with E-state index in [1.807, 2.05) is 0 Å². The summed E-state index contributed by atoms with van der Waals surface area (Å²) in [5.41, 5.74) is 0. The average molecular weight is 1200 g/mol. The minimum Gasteiger partial charge on any atom is -0.462 e. The highest BCUT2D eigenvalue weighted by molar-refractivity contribution is 7.47. The summed E-state index contributed by atoms with van der Waals surface area (Å²) in [6.45, 7) is 11.6. The molecule has 81 heavy (non-hydrogen) atoms. The lowest BCUT2D eigenvalue weighted by Crippen LogP contribution is -2.30. The molecule has 0 aliphatic heterocycles. The minimum atomic E-state index is -4.94. The van der Waals surface area contributed by atoms with Crippen LogP contribution in [0.3, 0.4) is 0 Å². The Bertz CT molecular complexity index is 1610. The Morgan fingerprint density at radius 2 is 0.568 bits per heavy atom. The summed E-state index contributed by atoms with van der Waals surface area (Å²) in [6.07, 6.45) is 33.8. The molecule has 5 atom stereocenters. The third kappa shape index (κ3) is 56.9. The third-order valence-electron chi connectivity index (χ3n) is 14.1. The quantitative estimate of drug-likeness (QED) is 0.0222. The van der Waals surface area contributed by atoms with Gasteiger partial charge in [-0.25, -0.2) is 9.13 Å². The molecular weight excluding hydrogens is 1080 g/mol. The van der Waals surface area contributed by atoms with E-state index in [1.165, 1.54) is 96.3 Å². The molecule has 19 heteroatoms. The van der Waals surface area contributed by atoms with Gasteiger partial charge in [-0.1, -0.05) is 248 Å². The molecule has 0 radical (unpaired) electrons. The number of aliphatic hydroxyl groups is 1. The third-order valence-corrected chi connectivity index (χ3v) is 16.0. The Balaban J connectivity index is 5.20.